The normalized spacial score (nSPS) is 18.5. The lowest BCUT2D eigenvalue weighted by atomic mass is 9.95. The minimum atomic E-state index is -0.754. The second kappa shape index (κ2) is 7.12. The van der Waals surface area contributed by atoms with E-state index in [1.807, 2.05) is 49.4 Å². The molecule has 1 aromatic heterocycles. The summed E-state index contributed by atoms with van der Waals surface area (Å²) >= 11 is 0. The van der Waals surface area contributed by atoms with Crippen LogP contribution in [0.15, 0.2) is 84.4 Å². The first-order valence-electron chi connectivity index (χ1n) is 8.93. The van der Waals surface area contributed by atoms with Crippen molar-refractivity contribution < 1.29 is 14.7 Å². The minimum absolute atomic E-state index is 0.0608. The largest absolute Gasteiger partial charge is 0.507 e. The van der Waals surface area contributed by atoms with Crippen molar-refractivity contribution in [2.75, 3.05) is 4.90 Å². The summed E-state index contributed by atoms with van der Waals surface area (Å²) in [6, 6.07) is 22.5. The third-order valence-electron chi connectivity index (χ3n) is 4.73. The van der Waals surface area contributed by atoms with E-state index < -0.39 is 17.7 Å². The van der Waals surface area contributed by atoms with Gasteiger partial charge in [-0.3, -0.25) is 14.5 Å². The maximum atomic E-state index is 12.9. The molecule has 1 N–H and O–H groups in total. The SMILES string of the molecule is Cc1cccc(N2C(=O)C(=O)/C(=C(/O)c3ccccc3)[C@@H]2c2ccccc2)n1. The van der Waals surface area contributed by atoms with Gasteiger partial charge in [-0.15, -0.1) is 0 Å². The Hall–Kier alpha value is -3.73. The van der Waals surface area contributed by atoms with E-state index in [0.29, 0.717) is 11.4 Å². The van der Waals surface area contributed by atoms with Crippen LogP contribution < -0.4 is 4.90 Å². The van der Waals surface area contributed by atoms with Gasteiger partial charge < -0.3 is 5.11 Å². The standard InChI is InChI=1S/C23H18N2O3/c1-15-9-8-14-18(24-15)25-20(16-10-4-2-5-11-16)19(22(27)23(25)28)21(26)17-12-6-3-7-13-17/h2-14,20,26H,1H3/b21-19+/t20-/m0/s1. The van der Waals surface area contributed by atoms with Crippen LogP contribution in [0.3, 0.4) is 0 Å². The van der Waals surface area contributed by atoms with Crippen LogP contribution in [0, 0.1) is 6.92 Å². The lowest BCUT2D eigenvalue weighted by Gasteiger charge is -2.24. The van der Waals surface area contributed by atoms with Crippen molar-refractivity contribution in [2.24, 2.45) is 0 Å². The third-order valence-corrected chi connectivity index (χ3v) is 4.73. The Bertz CT molecular complexity index is 1080. The van der Waals surface area contributed by atoms with Gasteiger partial charge >= 0.3 is 5.91 Å². The first kappa shape index (κ1) is 17.7. The van der Waals surface area contributed by atoms with Crippen molar-refractivity contribution in [1.82, 2.24) is 4.98 Å². The monoisotopic (exact) mass is 370 g/mol. The molecule has 1 aliphatic rings. The number of Topliss-reactive ketones (excluding diaryl/α,β-unsaturated/α-hetero) is 1. The second-order valence-corrected chi connectivity index (χ2v) is 6.58. The van der Waals surface area contributed by atoms with E-state index in [0.717, 1.165) is 11.3 Å². The predicted octanol–water partition coefficient (Wildman–Crippen LogP) is 4.02. The summed E-state index contributed by atoms with van der Waals surface area (Å²) in [5.41, 5.74) is 2.00. The maximum Gasteiger partial charge on any atom is 0.301 e. The zero-order valence-corrected chi connectivity index (χ0v) is 15.2. The topological polar surface area (TPSA) is 70.5 Å². The van der Waals surface area contributed by atoms with Crippen LogP contribution in [-0.2, 0) is 9.59 Å². The lowest BCUT2D eigenvalue weighted by molar-refractivity contribution is -0.132. The highest BCUT2D eigenvalue weighted by atomic mass is 16.3. The van der Waals surface area contributed by atoms with Crippen LogP contribution in [-0.4, -0.2) is 21.8 Å². The molecule has 4 rings (SSSR count). The number of nitrogens with zero attached hydrogens (tertiary/aromatic N) is 2. The molecule has 2 heterocycles. The van der Waals surface area contributed by atoms with Crippen LogP contribution in [0.1, 0.15) is 22.9 Å². The molecule has 1 aliphatic heterocycles. The number of aryl methyl sites for hydroxylation is 1. The smallest absolute Gasteiger partial charge is 0.301 e. The van der Waals surface area contributed by atoms with Gasteiger partial charge in [-0.2, -0.15) is 0 Å². The molecule has 1 amide bonds. The molecule has 0 unspecified atom stereocenters. The summed E-state index contributed by atoms with van der Waals surface area (Å²) in [5, 5.41) is 10.9. The van der Waals surface area contributed by atoms with Gasteiger partial charge in [0, 0.05) is 11.3 Å². The number of amides is 1. The number of pyridine rings is 1. The first-order chi connectivity index (χ1) is 13.6. The third kappa shape index (κ3) is 2.97. The average Bonchev–Trinajstić information content (AvgIpc) is 3.00. The van der Waals surface area contributed by atoms with E-state index >= 15 is 0 Å². The number of hydrogen-bond acceptors (Lipinski definition) is 4. The molecule has 1 fully saturated rings. The van der Waals surface area contributed by atoms with Crippen molar-refractivity contribution in [3.63, 3.8) is 0 Å². The molecule has 138 valence electrons. The molecule has 1 atom stereocenters. The number of aromatic nitrogens is 1. The van der Waals surface area contributed by atoms with E-state index in [1.54, 1.807) is 36.4 Å². The number of anilines is 1. The summed E-state index contributed by atoms with van der Waals surface area (Å²) in [6.07, 6.45) is 0. The Balaban J connectivity index is 1.95. The molecule has 0 saturated carbocycles. The Labute approximate surface area is 162 Å². The summed E-state index contributed by atoms with van der Waals surface area (Å²) in [4.78, 5) is 31.7. The molecular weight excluding hydrogens is 352 g/mol. The van der Waals surface area contributed by atoms with E-state index in [1.165, 1.54) is 4.90 Å². The van der Waals surface area contributed by atoms with Crippen LogP contribution in [0.4, 0.5) is 5.82 Å². The minimum Gasteiger partial charge on any atom is -0.507 e. The Morgan fingerprint density at radius 1 is 0.893 bits per heavy atom. The molecule has 0 bridgehead atoms. The molecule has 3 aromatic rings. The highest BCUT2D eigenvalue weighted by Crippen LogP contribution is 2.41. The van der Waals surface area contributed by atoms with Crippen molar-refractivity contribution in [2.45, 2.75) is 13.0 Å². The van der Waals surface area contributed by atoms with Crippen LogP contribution >= 0.6 is 0 Å². The number of ketones is 1. The quantitative estimate of drug-likeness (QED) is 0.429. The fourth-order valence-electron chi connectivity index (χ4n) is 3.43. The van der Waals surface area contributed by atoms with Gasteiger partial charge in [-0.25, -0.2) is 4.98 Å². The molecule has 28 heavy (non-hydrogen) atoms. The van der Waals surface area contributed by atoms with Gasteiger partial charge in [-0.1, -0.05) is 66.7 Å². The highest BCUT2D eigenvalue weighted by Gasteiger charge is 2.47. The fraction of sp³-hybridized carbons (Fsp3) is 0.0870. The second-order valence-electron chi connectivity index (χ2n) is 6.58. The van der Waals surface area contributed by atoms with Gasteiger partial charge in [-0.05, 0) is 24.6 Å². The Morgan fingerprint density at radius 2 is 1.54 bits per heavy atom. The number of aliphatic hydroxyl groups is 1. The molecule has 0 radical (unpaired) electrons. The molecule has 5 nitrogen and oxygen atoms in total. The molecule has 0 aliphatic carbocycles. The number of carbonyl (C=O) groups is 2. The number of hydrogen-bond donors (Lipinski definition) is 1. The van der Waals surface area contributed by atoms with Crippen molar-refractivity contribution >= 4 is 23.3 Å². The molecule has 0 spiro atoms. The van der Waals surface area contributed by atoms with E-state index in [-0.39, 0.29) is 11.3 Å². The van der Waals surface area contributed by atoms with Gasteiger partial charge in [0.15, 0.2) is 0 Å². The predicted molar refractivity (Wildman–Crippen MR) is 107 cm³/mol. The van der Waals surface area contributed by atoms with Gasteiger partial charge in [0.25, 0.3) is 5.78 Å². The average molecular weight is 370 g/mol. The number of rotatable bonds is 3. The Morgan fingerprint density at radius 3 is 2.18 bits per heavy atom. The summed E-state index contributed by atoms with van der Waals surface area (Å²) < 4.78 is 0. The van der Waals surface area contributed by atoms with Crippen molar-refractivity contribution in [3.8, 4) is 0 Å². The molecule has 1 saturated heterocycles. The summed E-state index contributed by atoms with van der Waals surface area (Å²) in [5.74, 6) is -1.24. The van der Waals surface area contributed by atoms with Gasteiger partial charge in [0.2, 0.25) is 0 Å². The van der Waals surface area contributed by atoms with Crippen LogP contribution in [0.5, 0.6) is 0 Å². The number of aliphatic hydroxyl groups excluding tert-OH is 1. The summed E-state index contributed by atoms with van der Waals surface area (Å²) in [7, 11) is 0. The number of carbonyl (C=O) groups excluding carboxylic acids is 2. The number of benzene rings is 2. The maximum absolute atomic E-state index is 12.9. The lowest BCUT2D eigenvalue weighted by Crippen LogP contribution is -2.30. The van der Waals surface area contributed by atoms with Gasteiger partial charge in [0.05, 0.1) is 11.6 Å². The van der Waals surface area contributed by atoms with E-state index in [2.05, 4.69) is 4.98 Å². The van der Waals surface area contributed by atoms with Crippen LogP contribution in [0.2, 0.25) is 0 Å². The van der Waals surface area contributed by atoms with Crippen molar-refractivity contribution in [3.05, 3.63) is 101 Å². The van der Waals surface area contributed by atoms with E-state index in [4.69, 9.17) is 0 Å². The van der Waals surface area contributed by atoms with Gasteiger partial charge in [0.1, 0.15) is 11.6 Å². The van der Waals surface area contributed by atoms with Crippen LogP contribution in [0.25, 0.3) is 5.76 Å². The zero-order valence-electron chi connectivity index (χ0n) is 15.2. The first-order valence-corrected chi connectivity index (χ1v) is 8.93. The fourth-order valence-corrected chi connectivity index (χ4v) is 3.43. The summed E-state index contributed by atoms with van der Waals surface area (Å²) in [6.45, 7) is 1.82. The molecule has 5 heteroatoms. The Kier molecular flexibility index (Phi) is 4.49. The van der Waals surface area contributed by atoms with Crippen molar-refractivity contribution in [1.29, 1.82) is 0 Å². The molecular formula is C23H18N2O3. The zero-order chi connectivity index (χ0) is 19.7. The molecule has 2 aromatic carbocycles. The highest BCUT2D eigenvalue weighted by molar-refractivity contribution is 6.51. The van der Waals surface area contributed by atoms with E-state index in [9.17, 15) is 14.7 Å².